The normalized spacial score (nSPS) is 14.8. The van der Waals surface area contributed by atoms with Crippen LogP contribution in [0.15, 0.2) is 57.8 Å². The molecular weight excluding hydrogens is 314 g/mol. The molecule has 0 radical (unpaired) electrons. The number of amidine groups is 1. The van der Waals surface area contributed by atoms with Crippen LogP contribution in [0.1, 0.15) is 12.5 Å². The Morgan fingerprint density at radius 1 is 1.09 bits per heavy atom. The van der Waals surface area contributed by atoms with Gasteiger partial charge in [0.1, 0.15) is 4.90 Å². The van der Waals surface area contributed by atoms with Crippen LogP contribution in [0.3, 0.4) is 0 Å². The van der Waals surface area contributed by atoms with Crippen LogP contribution in [0, 0.1) is 0 Å². The van der Waals surface area contributed by atoms with Crippen LogP contribution in [-0.2, 0) is 14.8 Å². The molecule has 7 heteroatoms. The van der Waals surface area contributed by atoms with Crippen molar-refractivity contribution in [1.82, 2.24) is 0 Å². The highest BCUT2D eigenvalue weighted by atomic mass is 32.2. The number of rotatable bonds is 2. The van der Waals surface area contributed by atoms with Crippen LogP contribution in [0.25, 0.3) is 0 Å². The van der Waals surface area contributed by atoms with Crippen molar-refractivity contribution >= 4 is 33.1 Å². The molecule has 0 aromatic heterocycles. The fraction of sp³-hybridized carbons (Fsp3) is 0.125. The molecule has 0 unspecified atom stereocenters. The maximum absolute atomic E-state index is 12.0. The van der Waals surface area contributed by atoms with Crippen molar-refractivity contribution < 1.29 is 13.2 Å². The lowest BCUT2D eigenvalue weighted by Gasteiger charge is -2.15. The van der Waals surface area contributed by atoms with Crippen LogP contribution in [0.2, 0.25) is 0 Å². The lowest BCUT2D eigenvalue weighted by atomic mass is 10.2. The van der Waals surface area contributed by atoms with Crippen molar-refractivity contribution in [3.63, 3.8) is 0 Å². The zero-order chi connectivity index (χ0) is 16.6. The van der Waals surface area contributed by atoms with Gasteiger partial charge in [0.2, 0.25) is 5.91 Å². The molecule has 2 aromatic carbocycles. The highest BCUT2D eigenvalue weighted by molar-refractivity contribution is 7.90. The van der Waals surface area contributed by atoms with E-state index < -0.39 is 10.0 Å². The van der Waals surface area contributed by atoms with E-state index in [0.29, 0.717) is 17.1 Å². The van der Waals surface area contributed by atoms with E-state index in [-0.39, 0.29) is 10.8 Å². The summed E-state index contributed by atoms with van der Waals surface area (Å²) in [6.45, 7) is 1.49. The second-order valence-corrected chi connectivity index (χ2v) is 6.73. The van der Waals surface area contributed by atoms with Gasteiger partial charge < -0.3 is 10.2 Å². The lowest BCUT2D eigenvalue weighted by molar-refractivity contribution is -0.116. The number of benzene rings is 2. The number of nitrogens with zero attached hydrogens (tertiary/aromatic N) is 2. The third-order valence-electron chi connectivity index (χ3n) is 3.62. The van der Waals surface area contributed by atoms with Gasteiger partial charge >= 0.3 is 0 Å². The molecule has 1 aliphatic heterocycles. The topological polar surface area (TPSA) is 78.8 Å². The average molecular weight is 329 g/mol. The minimum atomic E-state index is -3.64. The highest BCUT2D eigenvalue weighted by Gasteiger charge is 2.28. The summed E-state index contributed by atoms with van der Waals surface area (Å²) in [4.78, 5) is 13.1. The maximum Gasteiger partial charge on any atom is 0.285 e. The van der Waals surface area contributed by atoms with Gasteiger partial charge in [0.25, 0.3) is 10.0 Å². The van der Waals surface area contributed by atoms with E-state index in [0.717, 1.165) is 5.69 Å². The van der Waals surface area contributed by atoms with Gasteiger partial charge in [-0.25, -0.2) is 0 Å². The fourth-order valence-corrected chi connectivity index (χ4v) is 3.46. The van der Waals surface area contributed by atoms with Crippen molar-refractivity contribution in [2.75, 3.05) is 17.3 Å². The number of carbonyl (C=O) groups is 1. The summed E-state index contributed by atoms with van der Waals surface area (Å²) < 4.78 is 27.8. The summed E-state index contributed by atoms with van der Waals surface area (Å²) in [5, 5.41) is 3.02. The lowest BCUT2D eigenvalue weighted by Crippen LogP contribution is -2.22. The Hall–Kier alpha value is -2.67. The van der Waals surface area contributed by atoms with Gasteiger partial charge in [-0.1, -0.05) is 12.1 Å². The fourth-order valence-electron chi connectivity index (χ4n) is 2.28. The highest BCUT2D eigenvalue weighted by Crippen LogP contribution is 2.27. The van der Waals surface area contributed by atoms with Crippen molar-refractivity contribution in [2.24, 2.45) is 4.40 Å². The Labute approximate surface area is 134 Å². The standard InChI is InChI=1S/C16H15N3O3S/c1-11(20)19(2)13-9-7-12(8-10-13)17-16-14-5-3-4-6-15(14)23(21,22)18-16/h3-10H,1-2H3,(H,17,18). The third kappa shape index (κ3) is 2.83. The summed E-state index contributed by atoms with van der Waals surface area (Å²) in [5.74, 6) is 0.235. The molecule has 0 fully saturated rings. The predicted octanol–water partition coefficient (Wildman–Crippen LogP) is 2.23. The number of hydrogen-bond acceptors (Lipinski definition) is 4. The number of amides is 1. The molecule has 6 nitrogen and oxygen atoms in total. The van der Waals surface area contributed by atoms with Crippen molar-refractivity contribution in [1.29, 1.82) is 0 Å². The number of nitrogens with one attached hydrogen (secondary N) is 1. The number of hydrogen-bond donors (Lipinski definition) is 1. The molecule has 0 aliphatic carbocycles. The molecule has 0 spiro atoms. The Morgan fingerprint density at radius 3 is 2.39 bits per heavy atom. The van der Waals surface area contributed by atoms with Gasteiger partial charge in [0.15, 0.2) is 5.84 Å². The first-order valence-electron chi connectivity index (χ1n) is 6.94. The number of anilines is 2. The van der Waals surface area contributed by atoms with E-state index in [9.17, 15) is 13.2 Å². The second-order valence-electron chi connectivity index (χ2n) is 5.16. The van der Waals surface area contributed by atoms with Crippen molar-refractivity contribution in [3.05, 3.63) is 54.1 Å². The van der Waals surface area contributed by atoms with Gasteiger partial charge in [-0.15, -0.1) is 4.40 Å². The molecule has 118 valence electrons. The molecule has 0 saturated heterocycles. The van der Waals surface area contributed by atoms with E-state index in [2.05, 4.69) is 9.71 Å². The quantitative estimate of drug-likeness (QED) is 0.916. The Morgan fingerprint density at radius 2 is 1.74 bits per heavy atom. The first kappa shape index (κ1) is 15.2. The van der Waals surface area contributed by atoms with Crippen LogP contribution < -0.4 is 10.2 Å². The van der Waals surface area contributed by atoms with E-state index in [1.54, 1.807) is 49.5 Å². The van der Waals surface area contributed by atoms with Gasteiger partial charge in [0.05, 0.1) is 0 Å². The zero-order valence-corrected chi connectivity index (χ0v) is 13.5. The third-order valence-corrected chi connectivity index (χ3v) is 4.96. The second kappa shape index (κ2) is 5.51. The Balaban J connectivity index is 1.88. The van der Waals surface area contributed by atoms with E-state index in [1.165, 1.54) is 17.9 Å². The molecule has 1 heterocycles. The van der Waals surface area contributed by atoms with Crippen molar-refractivity contribution in [2.45, 2.75) is 11.8 Å². The molecule has 3 rings (SSSR count). The molecule has 0 bridgehead atoms. The van der Waals surface area contributed by atoms with Gasteiger partial charge in [-0.2, -0.15) is 8.42 Å². The smallest absolute Gasteiger partial charge is 0.285 e. The molecular formula is C16H15N3O3S. The van der Waals surface area contributed by atoms with E-state index in [4.69, 9.17) is 0 Å². The van der Waals surface area contributed by atoms with Crippen LogP contribution in [0.5, 0.6) is 0 Å². The minimum absolute atomic E-state index is 0.0640. The minimum Gasteiger partial charge on any atom is -0.339 e. The van der Waals surface area contributed by atoms with E-state index >= 15 is 0 Å². The SMILES string of the molecule is CC(=O)N(C)c1ccc(NC2=NS(=O)(=O)c3ccccc32)cc1. The Kier molecular flexibility index (Phi) is 3.65. The van der Waals surface area contributed by atoms with Crippen LogP contribution in [0.4, 0.5) is 11.4 Å². The summed E-state index contributed by atoms with van der Waals surface area (Å²) in [5.41, 5.74) is 2.00. The first-order chi connectivity index (χ1) is 10.9. The first-order valence-corrected chi connectivity index (χ1v) is 8.38. The molecule has 0 atom stereocenters. The van der Waals surface area contributed by atoms with Gasteiger partial charge in [-0.05, 0) is 36.4 Å². The average Bonchev–Trinajstić information content (AvgIpc) is 2.79. The monoisotopic (exact) mass is 329 g/mol. The number of sulfonamides is 1. The predicted molar refractivity (Wildman–Crippen MR) is 89.3 cm³/mol. The Bertz CT molecular complexity index is 902. The summed E-state index contributed by atoms with van der Waals surface area (Å²) in [7, 11) is -1.95. The summed E-state index contributed by atoms with van der Waals surface area (Å²) in [6.07, 6.45) is 0. The van der Waals surface area contributed by atoms with E-state index in [1.807, 2.05) is 0 Å². The molecule has 1 N–H and O–H groups in total. The number of carbonyl (C=O) groups excluding carboxylic acids is 1. The van der Waals surface area contributed by atoms with Crippen LogP contribution >= 0.6 is 0 Å². The maximum atomic E-state index is 12.0. The molecule has 23 heavy (non-hydrogen) atoms. The molecule has 1 amide bonds. The largest absolute Gasteiger partial charge is 0.339 e. The zero-order valence-electron chi connectivity index (χ0n) is 12.6. The van der Waals surface area contributed by atoms with Gasteiger partial charge in [-0.3, -0.25) is 4.79 Å². The summed E-state index contributed by atoms with van der Waals surface area (Å²) in [6, 6.07) is 13.8. The van der Waals surface area contributed by atoms with Crippen molar-refractivity contribution in [3.8, 4) is 0 Å². The molecule has 2 aromatic rings. The molecule has 1 aliphatic rings. The molecule has 0 saturated carbocycles. The van der Waals surface area contributed by atoms with Gasteiger partial charge in [0, 0.05) is 30.9 Å². The number of fused-ring (bicyclic) bond motifs is 1. The summed E-state index contributed by atoms with van der Waals surface area (Å²) >= 11 is 0. The van der Waals surface area contributed by atoms with Crippen LogP contribution in [-0.4, -0.2) is 27.2 Å².